The molecule has 1 heterocycles. The van der Waals surface area contributed by atoms with Crippen molar-refractivity contribution in [2.75, 3.05) is 5.32 Å². The summed E-state index contributed by atoms with van der Waals surface area (Å²) in [6.07, 6.45) is -5.71. The predicted molar refractivity (Wildman–Crippen MR) is 75.4 cm³/mol. The molecule has 1 amide bonds. The fourth-order valence-corrected chi connectivity index (χ4v) is 2.84. The first-order chi connectivity index (χ1) is 10.2. The molecule has 0 bridgehead atoms. The van der Waals surface area contributed by atoms with E-state index < -0.39 is 18.5 Å². The fraction of sp³-hybridized carbons (Fsp3) is 0.286. The number of anilines is 1. The van der Waals surface area contributed by atoms with Gasteiger partial charge in [-0.1, -0.05) is 12.1 Å². The van der Waals surface area contributed by atoms with E-state index in [0.717, 1.165) is 21.8 Å². The summed E-state index contributed by atoms with van der Waals surface area (Å²) in [6, 6.07) is 6.02. The number of alkyl halides is 3. The number of hydrogen-bond donors (Lipinski definition) is 1. The van der Waals surface area contributed by atoms with E-state index in [4.69, 9.17) is 0 Å². The first kappa shape index (κ1) is 16.4. The minimum Gasteiger partial charge on any atom is -0.302 e. The molecule has 3 nitrogen and oxygen atoms in total. The first-order valence-corrected chi connectivity index (χ1v) is 7.12. The molecule has 0 atom stereocenters. The molecule has 0 saturated carbocycles. The van der Waals surface area contributed by atoms with Gasteiger partial charge in [0.15, 0.2) is 5.13 Å². The van der Waals surface area contributed by atoms with E-state index in [1.54, 1.807) is 19.1 Å². The number of thiazole rings is 1. The lowest BCUT2D eigenvalue weighted by molar-refractivity contribution is -0.150. The second-order valence-corrected chi connectivity index (χ2v) is 5.76. The van der Waals surface area contributed by atoms with Gasteiger partial charge in [0.1, 0.15) is 12.2 Å². The van der Waals surface area contributed by atoms with E-state index in [-0.39, 0.29) is 10.9 Å². The zero-order valence-corrected chi connectivity index (χ0v) is 12.3. The fourth-order valence-electron chi connectivity index (χ4n) is 1.82. The maximum Gasteiger partial charge on any atom is 0.397 e. The number of amides is 1. The molecule has 1 aromatic heterocycles. The van der Waals surface area contributed by atoms with Gasteiger partial charge < -0.3 is 5.32 Å². The highest BCUT2D eigenvalue weighted by Crippen LogP contribution is 2.26. The van der Waals surface area contributed by atoms with Gasteiger partial charge in [-0.2, -0.15) is 13.2 Å². The number of hydrogen-bond acceptors (Lipinski definition) is 3. The van der Waals surface area contributed by atoms with Crippen molar-refractivity contribution in [3.8, 4) is 0 Å². The Balaban J connectivity index is 2.06. The van der Waals surface area contributed by atoms with E-state index in [1.165, 1.54) is 12.1 Å². The summed E-state index contributed by atoms with van der Waals surface area (Å²) in [5, 5.41) is 2.24. The number of carbonyl (C=O) groups excluding carboxylic acids is 1. The Bertz CT molecular complexity index is 682. The highest BCUT2D eigenvalue weighted by molar-refractivity contribution is 7.15. The van der Waals surface area contributed by atoms with Gasteiger partial charge >= 0.3 is 6.18 Å². The van der Waals surface area contributed by atoms with Crippen LogP contribution in [0.15, 0.2) is 24.3 Å². The van der Waals surface area contributed by atoms with Crippen LogP contribution >= 0.6 is 11.3 Å². The van der Waals surface area contributed by atoms with Crippen LogP contribution in [0.25, 0.3) is 0 Å². The van der Waals surface area contributed by atoms with Crippen LogP contribution in [0.4, 0.5) is 22.7 Å². The van der Waals surface area contributed by atoms with Gasteiger partial charge in [-0.05, 0) is 24.6 Å². The summed E-state index contributed by atoms with van der Waals surface area (Å²) in [5.41, 5.74) is 1.32. The smallest absolute Gasteiger partial charge is 0.302 e. The molecule has 0 fully saturated rings. The Morgan fingerprint density at radius 1 is 1.36 bits per heavy atom. The van der Waals surface area contributed by atoms with Crippen LogP contribution in [-0.4, -0.2) is 17.1 Å². The minimum absolute atomic E-state index is 0.109. The van der Waals surface area contributed by atoms with Crippen molar-refractivity contribution in [2.45, 2.75) is 25.9 Å². The molecular weight excluding hydrogens is 320 g/mol. The zero-order chi connectivity index (χ0) is 16.3. The molecule has 0 aliphatic rings. The summed E-state index contributed by atoms with van der Waals surface area (Å²) in [6.45, 7) is 1.69. The van der Waals surface area contributed by atoms with E-state index in [9.17, 15) is 22.4 Å². The molecule has 8 heteroatoms. The minimum atomic E-state index is -4.55. The first-order valence-electron chi connectivity index (χ1n) is 6.30. The van der Waals surface area contributed by atoms with Gasteiger partial charge in [0.05, 0.1) is 5.69 Å². The number of rotatable bonds is 4. The van der Waals surface area contributed by atoms with Gasteiger partial charge in [-0.15, -0.1) is 11.3 Å². The molecule has 0 saturated heterocycles. The lowest BCUT2D eigenvalue weighted by Gasteiger charge is -2.04. The summed E-state index contributed by atoms with van der Waals surface area (Å²) < 4.78 is 49.4. The summed E-state index contributed by atoms with van der Waals surface area (Å²) in [4.78, 5) is 16.0. The third-order valence-electron chi connectivity index (χ3n) is 2.75. The Morgan fingerprint density at radius 3 is 2.73 bits per heavy atom. The molecular formula is C14H12F4N2OS. The van der Waals surface area contributed by atoms with Crippen LogP contribution in [-0.2, 0) is 11.2 Å². The molecule has 0 aliphatic heterocycles. The number of benzene rings is 1. The molecule has 22 heavy (non-hydrogen) atoms. The number of halogens is 4. The summed E-state index contributed by atoms with van der Waals surface area (Å²) in [7, 11) is 0. The third kappa shape index (κ3) is 4.80. The van der Waals surface area contributed by atoms with Gasteiger partial charge in [0.2, 0.25) is 5.91 Å². The van der Waals surface area contributed by atoms with Gasteiger partial charge in [0.25, 0.3) is 0 Å². The van der Waals surface area contributed by atoms with E-state index in [2.05, 4.69) is 10.3 Å². The average Bonchev–Trinajstić information content (AvgIpc) is 2.66. The van der Waals surface area contributed by atoms with Crippen molar-refractivity contribution in [3.63, 3.8) is 0 Å². The molecule has 0 unspecified atom stereocenters. The van der Waals surface area contributed by atoms with E-state index >= 15 is 0 Å². The molecule has 2 rings (SSSR count). The van der Waals surface area contributed by atoms with Gasteiger partial charge in [0, 0.05) is 11.3 Å². The summed E-state index contributed by atoms with van der Waals surface area (Å²) >= 11 is 1.08. The quantitative estimate of drug-likeness (QED) is 0.858. The number of aromatic nitrogens is 1. The maximum atomic E-state index is 13.1. The topological polar surface area (TPSA) is 42.0 Å². The van der Waals surface area contributed by atoms with Crippen LogP contribution in [0.5, 0.6) is 0 Å². The highest BCUT2D eigenvalue weighted by Gasteiger charge is 2.31. The largest absolute Gasteiger partial charge is 0.397 e. The van der Waals surface area contributed by atoms with Crippen LogP contribution < -0.4 is 5.32 Å². The molecule has 0 aliphatic carbocycles. The van der Waals surface area contributed by atoms with Crippen molar-refractivity contribution in [3.05, 3.63) is 46.2 Å². The number of aryl methyl sites for hydroxylation is 1. The van der Waals surface area contributed by atoms with Crippen LogP contribution in [0.2, 0.25) is 0 Å². The molecule has 0 spiro atoms. The maximum absolute atomic E-state index is 13.1. The highest BCUT2D eigenvalue weighted by atomic mass is 32.1. The Kier molecular flexibility index (Phi) is 4.80. The Morgan fingerprint density at radius 2 is 2.09 bits per heavy atom. The number of nitrogens with one attached hydrogen (secondary N) is 1. The van der Waals surface area contributed by atoms with Crippen LogP contribution in [0.3, 0.4) is 0 Å². The van der Waals surface area contributed by atoms with Crippen molar-refractivity contribution in [1.29, 1.82) is 0 Å². The third-order valence-corrected chi connectivity index (χ3v) is 3.83. The van der Waals surface area contributed by atoms with Gasteiger partial charge in [-0.25, -0.2) is 9.37 Å². The Hall–Kier alpha value is -1.96. The molecule has 1 aromatic carbocycles. The molecule has 0 radical (unpaired) electrons. The zero-order valence-electron chi connectivity index (χ0n) is 11.5. The predicted octanol–water partition coefficient (Wildman–Crippen LogP) is 4.07. The van der Waals surface area contributed by atoms with Crippen molar-refractivity contribution in [2.24, 2.45) is 0 Å². The van der Waals surface area contributed by atoms with Crippen LogP contribution in [0, 0.1) is 12.7 Å². The number of carbonyl (C=O) groups is 1. The monoisotopic (exact) mass is 332 g/mol. The average molecular weight is 332 g/mol. The van der Waals surface area contributed by atoms with E-state index in [1.807, 2.05) is 0 Å². The SMILES string of the molecule is Cc1nc(NC(=O)CC(F)(F)F)sc1Cc1cccc(F)c1. The van der Waals surface area contributed by atoms with Crippen LogP contribution in [0.1, 0.15) is 22.6 Å². The number of nitrogens with zero attached hydrogens (tertiary/aromatic N) is 1. The van der Waals surface area contributed by atoms with Gasteiger partial charge in [-0.3, -0.25) is 4.79 Å². The lowest BCUT2D eigenvalue weighted by Crippen LogP contribution is -2.21. The van der Waals surface area contributed by atoms with Crippen molar-refractivity contribution in [1.82, 2.24) is 4.98 Å². The molecule has 2 aromatic rings. The lowest BCUT2D eigenvalue weighted by atomic mass is 10.1. The van der Waals surface area contributed by atoms with Crippen molar-refractivity contribution >= 4 is 22.4 Å². The standard InChI is InChI=1S/C14H12F4N2OS/c1-8-11(6-9-3-2-4-10(15)5-9)22-13(19-8)20-12(21)7-14(16,17)18/h2-5H,6-7H2,1H3,(H,19,20,21). The second kappa shape index (κ2) is 6.43. The second-order valence-electron chi connectivity index (χ2n) is 4.67. The molecule has 118 valence electrons. The van der Waals surface area contributed by atoms with Crippen molar-refractivity contribution < 1.29 is 22.4 Å². The molecule has 1 N–H and O–H groups in total. The Labute approximate surface area is 128 Å². The normalized spacial score (nSPS) is 11.5. The summed E-state index contributed by atoms with van der Waals surface area (Å²) in [5.74, 6) is -1.52. The van der Waals surface area contributed by atoms with E-state index in [0.29, 0.717) is 12.1 Å².